The van der Waals surface area contributed by atoms with Crippen molar-refractivity contribution in [1.29, 1.82) is 0 Å². The van der Waals surface area contributed by atoms with E-state index in [0.717, 1.165) is 17.3 Å². The third-order valence-electron chi connectivity index (χ3n) is 3.99. The van der Waals surface area contributed by atoms with E-state index in [1.165, 1.54) is 38.9 Å². The van der Waals surface area contributed by atoms with Crippen molar-refractivity contribution in [2.45, 2.75) is 40.0 Å². The van der Waals surface area contributed by atoms with Crippen molar-refractivity contribution in [3.05, 3.63) is 0 Å². The maximum Gasteiger partial charge on any atom is 0.00507 e. The Hall–Kier alpha value is -0.0400. The molecule has 0 aromatic rings. The minimum absolute atomic E-state index is 0.796. The minimum Gasteiger partial charge on any atom is -0.302 e. The molecule has 1 heteroatoms. The molecule has 1 saturated carbocycles. The molecule has 0 radical (unpaired) electrons. The summed E-state index contributed by atoms with van der Waals surface area (Å²) in [6, 6.07) is 0. The lowest BCUT2D eigenvalue weighted by Gasteiger charge is -2.60. The summed E-state index contributed by atoms with van der Waals surface area (Å²) in [5.74, 6) is 1.97. The van der Waals surface area contributed by atoms with Crippen LogP contribution < -0.4 is 0 Å². The molecule has 1 nitrogen and oxygen atoms in total. The van der Waals surface area contributed by atoms with Crippen LogP contribution in [0.25, 0.3) is 0 Å². The van der Waals surface area contributed by atoms with Gasteiger partial charge in [-0.2, -0.15) is 0 Å². The Balaban J connectivity index is 1.70. The normalized spacial score (nSPS) is 27.7. The van der Waals surface area contributed by atoms with Crippen LogP contribution in [-0.4, -0.2) is 24.5 Å². The third kappa shape index (κ3) is 1.63. The first-order chi connectivity index (χ1) is 6.15. The highest BCUT2D eigenvalue weighted by molar-refractivity contribution is 5.04. The summed E-state index contributed by atoms with van der Waals surface area (Å²) in [6.07, 6.45) is 4.36. The number of nitrogens with zero attached hydrogens (tertiary/aromatic N) is 1. The highest BCUT2D eigenvalue weighted by Gasteiger charge is 2.52. The zero-order valence-electron chi connectivity index (χ0n) is 9.34. The van der Waals surface area contributed by atoms with Crippen LogP contribution >= 0.6 is 0 Å². The van der Waals surface area contributed by atoms with Crippen LogP contribution in [0.15, 0.2) is 0 Å². The summed E-state index contributed by atoms with van der Waals surface area (Å²) in [5.41, 5.74) is 0.796. The Morgan fingerprint density at radius 1 is 1.31 bits per heavy atom. The third-order valence-corrected chi connectivity index (χ3v) is 3.99. The van der Waals surface area contributed by atoms with Gasteiger partial charge in [0.1, 0.15) is 0 Å². The summed E-state index contributed by atoms with van der Waals surface area (Å²) in [5, 5.41) is 0. The van der Waals surface area contributed by atoms with Crippen LogP contribution in [0.1, 0.15) is 40.0 Å². The van der Waals surface area contributed by atoms with E-state index in [1.54, 1.807) is 0 Å². The molecule has 2 rings (SSSR count). The Morgan fingerprint density at radius 3 is 2.38 bits per heavy atom. The second kappa shape index (κ2) is 3.27. The van der Waals surface area contributed by atoms with Gasteiger partial charge in [-0.3, -0.25) is 0 Å². The van der Waals surface area contributed by atoms with Crippen molar-refractivity contribution in [3.8, 4) is 0 Å². The standard InChI is InChI=1S/C12H23N/c1-4-5-13-8-12(9-13)6-11(7-12)10(2)3/h10-11H,4-9H2,1-3H3. The summed E-state index contributed by atoms with van der Waals surface area (Å²) in [4.78, 5) is 2.62. The van der Waals surface area contributed by atoms with Gasteiger partial charge >= 0.3 is 0 Å². The van der Waals surface area contributed by atoms with E-state index >= 15 is 0 Å². The molecule has 0 unspecified atom stereocenters. The molecule has 0 amide bonds. The zero-order valence-corrected chi connectivity index (χ0v) is 9.34. The molecular weight excluding hydrogens is 158 g/mol. The molecule has 0 aromatic carbocycles. The first-order valence-electron chi connectivity index (χ1n) is 5.87. The molecule has 1 heterocycles. The average molecular weight is 181 g/mol. The van der Waals surface area contributed by atoms with Crippen molar-refractivity contribution in [1.82, 2.24) is 4.90 Å². The first kappa shape index (κ1) is 9.51. The maximum atomic E-state index is 2.62. The summed E-state index contributed by atoms with van der Waals surface area (Å²) < 4.78 is 0. The lowest BCUT2D eigenvalue weighted by Crippen LogP contribution is -2.62. The van der Waals surface area contributed by atoms with Gasteiger partial charge in [-0.15, -0.1) is 0 Å². The molecule has 1 spiro atoms. The molecule has 0 aromatic heterocycles. The Morgan fingerprint density at radius 2 is 1.92 bits per heavy atom. The van der Waals surface area contributed by atoms with Crippen molar-refractivity contribution < 1.29 is 0 Å². The molecule has 1 saturated heterocycles. The number of likely N-dealkylation sites (tertiary alicyclic amines) is 1. The minimum atomic E-state index is 0.796. The maximum absolute atomic E-state index is 2.62. The summed E-state index contributed by atoms with van der Waals surface area (Å²) in [6.45, 7) is 11.2. The summed E-state index contributed by atoms with van der Waals surface area (Å²) in [7, 11) is 0. The Kier molecular flexibility index (Phi) is 2.39. The zero-order chi connectivity index (χ0) is 9.47. The van der Waals surface area contributed by atoms with E-state index in [4.69, 9.17) is 0 Å². The fourth-order valence-electron chi connectivity index (χ4n) is 3.16. The van der Waals surface area contributed by atoms with Gasteiger partial charge in [0.15, 0.2) is 0 Å². The van der Waals surface area contributed by atoms with Crippen molar-refractivity contribution in [2.24, 2.45) is 17.3 Å². The highest BCUT2D eigenvalue weighted by Crippen LogP contribution is 2.54. The lowest BCUT2D eigenvalue weighted by atomic mass is 9.55. The van der Waals surface area contributed by atoms with Crippen molar-refractivity contribution >= 4 is 0 Å². The fraction of sp³-hybridized carbons (Fsp3) is 1.00. The molecule has 1 aliphatic carbocycles. The molecule has 2 fully saturated rings. The Bertz CT molecular complexity index is 172. The molecular formula is C12H23N. The smallest absolute Gasteiger partial charge is 0.00507 e. The predicted molar refractivity (Wildman–Crippen MR) is 56.7 cm³/mol. The van der Waals surface area contributed by atoms with Crippen molar-refractivity contribution in [3.63, 3.8) is 0 Å². The van der Waals surface area contributed by atoms with Gasteiger partial charge in [0.2, 0.25) is 0 Å². The topological polar surface area (TPSA) is 3.24 Å². The van der Waals surface area contributed by atoms with Crippen LogP contribution in [-0.2, 0) is 0 Å². The van der Waals surface area contributed by atoms with Crippen LogP contribution in [0.5, 0.6) is 0 Å². The van der Waals surface area contributed by atoms with Gasteiger partial charge in [0, 0.05) is 13.1 Å². The summed E-state index contributed by atoms with van der Waals surface area (Å²) >= 11 is 0. The second-order valence-corrected chi connectivity index (χ2v) is 5.62. The number of hydrogen-bond acceptors (Lipinski definition) is 1. The second-order valence-electron chi connectivity index (χ2n) is 5.62. The van der Waals surface area contributed by atoms with E-state index < -0.39 is 0 Å². The molecule has 1 aliphatic heterocycles. The SMILES string of the molecule is CCCN1CC2(CC(C(C)C)C2)C1. The van der Waals surface area contributed by atoms with Gasteiger partial charge < -0.3 is 4.90 Å². The average Bonchev–Trinajstić information content (AvgIpc) is 1.90. The largest absolute Gasteiger partial charge is 0.302 e. The first-order valence-corrected chi connectivity index (χ1v) is 5.87. The number of hydrogen-bond donors (Lipinski definition) is 0. The lowest BCUT2D eigenvalue weighted by molar-refractivity contribution is -0.105. The molecule has 13 heavy (non-hydrogen) atoms. The monoisotopic (exact) mass is 181 g/mol. The molecule has 2 aliphatic rings. The van der Waals surface area contributed by atoms with E-state index in [0.29, 0.717) is 0 Å². The molecule has 0 bridgehead atoms. The van der Waals surface area contributed by atoms with Gasteiger partial charge in [0.25, 0.3) is 0 Å². The predicted octanol–water partition coefficient (Wildman–Crippen LogP) is 2.76. The van der Waals surface area contributed by atoms with Crippen LogP contribution in [0.3, 0.4) is 0 Å². The van der Waals surface area contributed by atoms with E-state index in [-0.39, 0.29) is 0 Å². The molecule has 0 atom stereocenters. The molecule has 76 valence electrons. The van der Waals surface area contributed by atoms with Gasteiger partial charge in [0.05, 0.1) is 0 Å². The van der Waals surface area contributed by atoms with Gasteiger partial charge in [-0.25, -0.2) is 0 Å². The van der Waals surface area contributed by atoms with Gasteiger partial charge in [-0.1, -0.05) is 20.8 Å². The van der Waals surface area contributed by atoms with Crippen LogP contribution in [0.4, 0.5) is 0 Å². The molecule has 0 N–H and O–H groups in total. The van der Waals surface area contributed by atoms with Crippen LogP contribution in [0, 0.1) is 17.3 Å². The number of rotatable bonds is 3. The highest BCUT2D eigenvalue weighted by atomic mass is 15.2. The Labute approximate surface area is 82.5 Å². The quantitative estimate of drug-likeness (QED) is 0.647. The van der Waals surface area contributed by atoms with E-state index in [2.05, 4.69) is 25.7 Å². The van der Waals surface area contributed by atoms with Crippen LogP contribution in [0.2, 0.25) is 0 Å². The van der Waals surface area contributed by atoms with E-state index in [9.17, 15) is 0 Å². The van der Waals surface area contributed by atoms with E-state index in [1.807, 2.05) is 0 Å². The van der Waals surface area contributed by atoms with Crippen molar-refractivity contribution in [2.75, 3.05) is 19.6 Å². The van der Waals surface area contributed by atoms with Gasteiger partial charge in [-0.05, 0) is 43.1 Å². The fourth-order valence-corrected chi connectivity index (χ4v) is 3.16.